The molecule has 0 bridgehead atoms. The van der Waals surface area contributed by atoms with Gasteiger partial charge in [-0.05, 0) is 0 Å². The summed E-state index contributed by atoms with van der Waals surface area (Å²) in [5, 5.41) is 0. The smallest absolute Gasteiger partial charge is 0.245 e. The summed E-state index contributed by atoms with van der Waals surface area (Å²) < 4.78 is 35.1. The van der Waals surface area contributed by atoms with E-state index in [2.05, 4.69) is 9.47 Å². The van der Waals surface area contributed by atoms with Gasteiger partial charge in [0, 0.05) is 26.4 Å². The second kappa shape index (κ2) is 3.35. The van der Waals surface area contributed by atoms with Crippen LogP contribution in [0.2, 0.25) is 0 Å². The lowest BCUT2D eigenvalue weighted by molar-refractivity contribution is -0.157. The quantitative estimate of drug-likeness (QED) is 0.615. The lowest BCUT2D eigenvalue weighted by Crippen LogP contribution is -2.35. The van der Waals surface area contributed by atoms with Gasteiger partial charge in [-0.15, -0.1) is 0 Å². The minimum absolute atomic E-state index is 0.502. The number of carbonyl (C=O) groups is 1. The van der Waals surface area contributed by atoms with Crippen molar-refractivity contribution in [3.8, 4) is 0 Å². The standard InChI is InChI=1S/C8H8F2O3/c1-12-8(13-2)4-5(9)6(11)3-7(8)10/h3-4H,1-2H3. The first kappa shape index (κ1) is 10.0. The van der Waals surface area contributed by atoms with Crippen molar-refractivity contribution < 1.29 is 23.0 Å². The molecule has 0 N–H and O–H groups in total. The zero-order chi connectivity index (χ0) is 10.1. The highest BCUT2D eigenvalue weighted by Gasteiger charge is 2.38. The molecule has 0 fully saturated rings. The number of ether oxygens (including phenoxy) is 2. The fraction of sp³-hybridized carbons (Fsp3) is 0.375. The van der Waals surface area contributed by atoms with Crippen molar-refractivity contribution >= 4 is 5.78 Å². The summed E-state index contributed by atoms with van der Waals surface area (Å²) in [6.07, 6.45) is 1.16. The number of hydrogen-bond donors (Lipinski definition) is 0. The Morgan fingerprint density at radius 1 is 1.31 bits per heavy atom. The van der Waals surface area contributed by atoms with E-state index in [1.54, 1.807) is 0 Å². The highest BCUT2D eigenvalue weighted by Crippen LogP contribution is 2.30. The first-order valence-corrected chi connectivity index (χ1v) is 3.46. The molecule has 0 aromatic carbocycles. The fourth-order valence-corrected chi connectivity index (χ4v) is 0.988. The number of rotatable bonds is 2. The minimum atomic E-state index is -1.89. The Morgan fingerprint density at radius 2 is 1.85 bits per heavy atom. The van der Waals surface area contributed by atoms with Crippen LogP contribution in [0.15, 0.2) is 23.8 Å². The summed E-state index contributed by atoms with van der Waals surface area (Å²) >= 11 is 0. The third-order valence-electron chi connectivity index (χ3n) is 1.75. The van der Waals surface area contributed by atoms with Gasteiger partial charge < -0.3 is 9.47 Å². The molecule has 0 heterocycles. The summed E-state index contributed by atoms with van der Waals surface area (Å²) in [5.74, 6) is -4.98. The third-order valence-corrected chi connectivity index (χ3v) is 1.75. The number of methoxy groups -OCH3 is 2. The molecule has 1 aliphatic rings. The summed E-state index contributed by atoms with van der Waals surface area (Å²) in [7, 11) is 2.30. The molecule has 0 aliphatic heterocycles. The van der Waals surface area contributed by atoms with Crippen molar-refractivity contribution in [2.75, 3.05) is 14.2 Å². The normalized spacial score (nSPS) is 21.1. The SMILES string of the molecule is COC1(OC)C=C(F)C(=O)C=C1F. The lowest BCUT2D eigenvalue weighted by atomic mass is 10.1. The van der Waals surface area contributed by atoms with Crippen LogP contribution in [0.1, 0.15) is 0 Å². The van der Waals surface area contributed by atoms with Gasteiger partial charge in [0.15, 0.2) is 11.7 Å². The first-order valence-electron chi connectivity index (χ1n) is 3.46. The largest absolute Gasteiger partial charge is 0.344 e. The first-order chi connectivity index (χ1) is 6.05. The highest BCUT2D eigenvalue weighted by atomic mass is 19.1. The van der Waals surface area contributed by atoms with Crippen LogP contribution in [0.5, 0.6) is 0 Å². The van der Waals surface area contributed by atoms with E-state index >= 15 is 0 Å². The van der Waals surface area contributed by atoms with Crippen molar-refractivity contribution in [3.63, 3.8) is 0 Å². The van der Waals surface area contributed by atoms with Crippen molar-refractivity contribution in [1.29, 1.82) is 0 Å². The van der Waals surface area contributed by atoms with Crippen molar-refractivity contribution in [1.82, 2.24) is 0 Å². The Hall–Kier alpha value is -1.07. The van der Waals surface area contributed by atoms with E-state index in [4.69, 9.17) is 0 Å². The number of allylic oxidation sites excluding steroid dienone is 2. The van der Waals surface area contributed by atoms with Gasteiger partial charge in [-0.1, -0.05) is 0 Å². The molecule has 0 aromatic heterocycles. The van der Waals surface area contributed by atoms with E-state index in [-0.39, 0.29) is 0 Å². The van der Waals surface area contributed by atoms with E-state index in [1.165, 1.54) is 0 Å². The second-order valence-electron chi connectivity index (χ2n) is 2.42. The monoisotopic (exact) mass is 190 g/mol. The molecular weight excluding hydrogens is 182 g/mol. The molecular formula is C8H8F2O3. The number of hydrogen-bond acceptors (Lipinski definition) is 3. The molecule has 0 unspecified atom stereocenters. The predicted octanol–water partition coefficient (Wildman–Crippen LogP) is 1.27. The molecule has 5 heteroatoms. The van der Waals surface area contributed by atoms with E-state index in [1.807, 2.05) is 0 Å². The molecule has 0 saturated heterocycles. The van der Waals surface area contributed by atoms with E-state index in [0.717, 1.165) is 14.2 Å². The molecule has 1 rings (SSSR count). The zero-order valence-corrected chi connectivity index (χ0v) is 7.14. The van der Waals surface area contributed by atoms with Crippen LogP contribution >= 0.6 is 0 Å². The van der Waals surface area contributed by atoms with E-state index in [9.17, 15) is 13.6 Å². The van der Waals surface area contributed by atoms with Crippen molar-refractivity contribution in [3.05, 3.63) is 23.8 Å². The Morgan fingerprint density at radius 3 is 2.31 bits per heavy atom. The van der Waals surface area contributed by atoms with E-state index in [0.29, 0.717) is 12.2 Å². The zero-order valence-electron chi connectivity index (χ0n) is 7.14. The van der Waals surface area contributed by atoms with Crippen LogP contribution in [-0.2, 0) is 14.3 Å². The van der Waals surface area contributed by atoms with Gasteiger partial charge in [-0.2, -0.15) is 0 Å². The van der Waals surface area contributed by atoms with E-state index < -0.39 is 23.2 Å². The average Bonchev–Trinajstić information content (AvgIpc) is 2.12. The van der Waals surface area contributed by atoms with Crippen molar-refractivity contribution in [2.24, 2.45) is 0 Å². The summed E-state index contributed by atoms with van der Waals surface area (Å²) in [5.41, 5.74) is 0. The van der Waals surface area contributed by atoms with Crippen LogP contribution < -0.4 is 0 Å². The summed E-state index contributed by atoms with van der Waals surface area (Å²) in [6.45, 7) is 0. The van der Waals surface area contributed by atoms with Gasteiger partial charge in [0.05, 0.1) is 0 Å². The van der Waals surface area contributed by atoms with Gasteiger partial charge in [-0.3, -0.25) is 4.79 Å². The average molecular weight is 190 g/mol. The van der Waals surface area contributed by atoms with Crippen LogP contribution in [0.4, 0.5) is 8.78 Å². The minimum Gasteiger partial charge on any atom is -0.344 e. The topological polar surface area (TPSA) is 35.5 Å². The highest BCUT2D eigenvalue weighted by molar-refractivity contribution is 6.03. The Balaban J connectivity index is 3.12. The van der Waals surface area contributed by atoms with Crippen molar-refractivity contribution in [2.45, 2.75) is 5.79 Å². The van der Waals surface area contributed by atoms with Crippen LogP contribution in [0.25, 0.3) is 0 Å². The van der Waals surface area contributed by atoms with Gasteiger partial charge in [0.1, 0.15) is 0 Å². The number of carbonyl (C=O) groups excluding carboxylic acids is 1. The molecule has 0 atom stereocenters. The summed E-state index contributed by atoms with van der Waals surface area (Å²) in [4.78, 5) is 10.7. The maximum Gasteiger partial charge on any atom is 0.245 e. The molecule has 1 aliphatic carbocycles. The second-order valence-corrected chi connectivity index (χ2v) is 2.42. The summed E-state index contributed by atoms with van der Waals surface area (Å²) in [6, 6.07) is 0. The molecule has 0 aromatic rings. The van der Waals surface area contributed by atoms with Crippen LogP contribution in [-0.4, -0.2) is 25.8 Å². The lowest BCUT2D eigenvalue weighted by Gasteiger charge is -2.27. The third kappa shape index (κ3) is 1.52. The van der Waals surface area contributed by atoms with Gasteiger partial charge >= 0.3 is 0 Å². The van der Waals surface area contributed by atoms with Crippen LogP contribution in [0, 0.1) is 0 Å². The number of ketones is 1. The van der Waals surface area contributed by atoms with Crippen LogP contribution in [0.3, 0.4) is 0 Å². The Bertz CT molecular complexity index is 290. The molecule has 72 valence electrons. The predicted molar refractivity (Wildman–Crippen MR) is 40.1 cm³/mol. The Labute approximate surface area is 73.6 Å². The fourth-order valence-electron chi connectivity index (χ4n) is 0.988. The molecule has 0 spiro atoms. The molecule has 3 nitrogen and oxygen atoms in total. The maximum atomic E-state index is 13.1. The number of halogens is 2. The molecule has 13 heavy (non-hydrogen) atoms. The van der Waals surface area contributed by atoms with Gasteiger partial charge in [0.25, 0.3) is 0 Å². The van der Waals surface area contributed by atoms with Gasteiger partial charge in [0.2, 0.25) is 11.6 Å². The van der Waals surface area contributed by atoms with Gasteiger partial charge in [-0.25, -0.2) is 8.78 Å². The maximum absolute atomic E-state index is 13.1. The molecule has 0 saturated carbocycles. The molecule has 0 radical (unpaired) electrons. The Kier molecular flexibility index (Phi) is 2.58. The molecule has 0 amide bonds.